The Bertz CT molecular complexity index is 817. The number of rotatable bonds is 3. The summed E-state index contributed by atoms with van der Waals surface area (Å²) in [4.78, 5) is 11.9. The standard InChI is InChI=1S/C13H19N3O3S/c1-8(20(4,18)19)12(14)9-5-6-10-11(7-9)16(3)13(17)15(10)2/h5-8,12H,14H2,1-4H3. The van der Waals surface area contributed by atoms with Gasteiger partial charge in [0.2, 0.25) is 0 Å². The second-order valence-corrected chi connectivity index (χ2v) is 7.61. The van der Waals surface area contributed by atoms with Gasteiger partial charge in [0.1, 0.15) is 0 Å². The van der Waals surface area contributed by atoms with E-state index in [1.54, 1.807) is 43.8 Å². The van der Waals surface area contributed by atoms with Gasteiger partial charge in [-0.25, -0.2) is 13.2 Å². The molecule has 2 unspecified atom stereocenters. The minimum Gasteiger partial charge on any atom is -0.323 e. The Morgan fingerprint density at radius 1 is 1.15 bits per heavy atom. The molecular formula is C13H19N3O3S. The van der Waals surface area contributed by atoms with E-state index < -0.39 is 21.1 Å². The van der Waals surface area contributed by atoms with Gasteiger partial charge in [0, 0.05) is 26.4 Å². The molecule has 2 atom stereocenters. The summed E-state index contributed by atoms with van der Waals surface area (Å²) in [6.07, 6.45) is 1.17. The molecule has 2 rings (SSSR count). The molecule has 0 amide bonds. The maximum absolute atomic E-state index is 11.9. The predicted octanol–water partition coefficient (Wildman–Crippen LogP) is 0.310. The number of sulfone groups is 1. The molecule has 0 aliphatic carbocycles. The van der Waals surface area contributed by atoms with Gasteiger partial charge in [-0.15, -0.1) is 0 Å². The van der Waals surface area contributed by atoms with Crippen molar-refractivity contribution in [2.45, 2.75) is 18.2 Å². The quantitative estimate of drug-likeness (QED) is 0.883. The second kappa shape index (κ2) is 4.75. The van der Waals surface area contributed by atoms with E-state index in [1.165, 1.54) is 10.8 Å². The molecule has 0 aliphatic heterocycles. The summed E-state index contributed by atoms with van der Waals surface area (Å²) in [6.45, 7) is 1.59. The smallest absolute Gasteiger partial charge is 0.323 e. The van der Waals surface area contributed by atoms with Gasteiger partial charge in [0.05, 0.1) is 16.3 Å². The summed E-state index contributed by atoms with van der Waals surface area (Å²) in [5.41, 5.74) is 8.15. The third-order valence-electron chi connectivity index (χ3n) is 3.86. The Kier molecular flexibility index (Phi) is 3.51. The summed E-state index contributed by atoms with van der Waals surface area (Å²) in [5.74, 6) is 0. The summed E-state index contributed by atoms with van der Waals surface area (Å²) in [6, 6.07) is 4.72. The first-order valence-electron chi connectivity index (χ1n) is 6.24. The third kappa shape index (κ3) is 2.27. The van der Waals surface area contributed by atoms with Gasteiger partial charge in [-0.1, -0.05) is 6.07 Å². The zero-order valence-electron chi connectivity index (χ0n) is 12.0. The normalized spacial score (nSPS) is 15.4. The summed E-state index contributed by atoms with van der Waals surface area (Å²) >= 11 is 0. The highest BCUT2D eigenvalue weighted by Crippen LogP contribution is 2.23. The average molecular weight is 297 g/mol. The molecule has 2 N–H and O–H groups in total. The van der Waals surface area contributed by atoms with Gasteiger partial charge in [0.25, 0.3) is 0 Å². The van der Waals surface area contributed by atoms with E-state index in [1.807, 2.05) is 0 Å². The summed E-state index contributed by atoms with van der Waals surface area (Å²) < 4.78 is 26.3. The molecule has 0 saturated carbocycles. The Morgan fingerprint density at radius 3 is 2.25 bits per heavy atom. The van der Waals surface area contributed by atoms with Crippen LogP contribution in [0.3, 0.4) is 0 Å². The van der Waals surface area contributed by atoms with Crippen LogP contribution in [0.4, 0.5) is 0 Å². The molecule has 0 radical (unpaired) electrons. The lowest BCUT2D eigenvalue weighted by Gasteiger charge is -2.18. The van der Waals surface area contributed by atoms with Gasteiger partial charge < -0.3 is 5.73 Å². The molecule has 0 fully saturated rings. The first kappa shape index (κ1) is 14.8. The van der Waals surface area contributed by atoms with Crippen LogP contribution in [0.1, 0.15) is 18.5 Å². The Balaban J connectivity index is 2.58. The van der Waals surface area contributed by atoms with Crippen molar-refractivity contribution in [1.29, 1.82) is 0 Å². The average Bonchev–Trinajstić information content (AvgIpc) is 2.61. The molecule has 1 aromatic carbocycles. The highest BCUT2D eigenvalue weighted by Gasteiger charge is 2.24. The van der Waals surface area contributed by atoms with E-state index in [0.717, 1.165) is 11.0 Å². The zero-order valence-corrected chi connectivity index (χ0v) is 12.8. The molecule has 7 heteroatoms. The van der Waals surface area contributed by atoms with Gasteiger partial charge in [-0.3, -0.25) is 9.13 Å². The third-order valence-corrected chi connectivity index (χ3v) is 5.51. The number of benzene rings is 1. The van der Waals surface area contributed by atoms with Crippen molar-refractivity contribution in [3.63, 3.8) is 0 Å². The van der Waals surface area contributed by atoms with E-state index in [9.17, 15) is 13.2 Å². The molecule has 110 valence electrons. The number of nitrogens with zero attached hydrogens (tertiary/aromatic N) is 2. The van der Waals surface area contributed by atoms with Crippen molar-refractivity contribution in [2.24, 2.45) is 19.8 Å². The Morgan fingerprint density at radius 2 is 1.70 bits per heavy atom. The molecule has 20 heavy (non-hydrogen) atoms. The first-order chi connectivity index (χ1) is 9.14. The number of hydrogen-bond acceptors (Lipinski definition) is 4. The maximum Gasteiger partial charge on any atom is 0.328 e. The lowest BCUT2D eigenvalue weighted by Crippen LogP contribution is -2.30. The number of imidazole rings is 1. The topological polar surface area (TPSA) is 87.1 Å². The van der Waals surface area contributed by atoms with Crippen molar-refractivity contribution in [3.05, 3.63) is 34.2 Å². The molecule has 0 aliphatic rings. The molecule has 1 heterocycles. The molecule has 0 spiro atoms. The van der Waals surface area contributed by atoms with Crippen LogP contribution < -0.4 is 11.4 Å². The minimum absolute atomic E-state index is 0.123. The van der Waals surface area contributed by atoms with Crippen LogP contribution >= 0.6 is 0 Å². The summed E-state index contributed by atoms with van der Waals surface area (Å²) in [5, 5.41) is -0.680. The molecule has 0 saturated heterocycles. The van der Waals surface area contributed by atoms with Gasteiger partial charge in [-0.2, -0.15) is 0 Å². The Labute approximate surface area is 117 Å². The predicted molar refractivity (Wildman–Crippen MR) is 79.4 cm³/mol. The Hall–Kier alpha value is -1.60. The minimum atomic E-state index is -3.22. The number of aromatic nitrogens is 2. The van der Waals surface area contributed by atoms with Crippen molar-refractivity contribution >= 4 is 20.9 Å². The number of nitrogens with two attached hydrogens (primary N) is 1. The lowest BCUT2D eigenvalue weighted by molar-refractivity contribution is 0.571. The van der Waals surface area contributed by atoms with Gasteiger partial charge in [-0.05, 0) is 24.6 Å². The monoisotopic (exact) mass is 297 g/mol. The van der Waals surface area contributed by atoms with E-state index in [4.69, 9.17) is 5.73 Å². The molecular weight excluding hydrogens is 278 g/mol. The molecule has 0 bridgehead atoms. The highest BCUT2D eigenvalue weighted by atomic mass is 32.2. The van der Waals surface area contributed by atoms with Crippen molar-refractivity contribution in [2.75, 3.05) is 6.26 Å². The summed E-state index contributed by atoms with van der Waals surface area (Å²) in [7, 11) is 0.163. The fourth-order valence-corrected chi connectivity index (χ4v) is 2.96. The first-order valence-corrected chi connectivity index (χ1v) is 8.20. The van der Waals surface area contributed by atoms with Crippen LogP contribution in [0.15, 0.2) is 23.0 Å². The van der Waals surface area contributed by atoms with Crippen LogP contribution in [0.2, 0.25) is 0 Å². The number of aryl methyl sites for hydroxylation is 2. The van der Waals surface area contributed by atoms with Crippen molar-refractivity contribution in [3.8, 4) is 0 Å². The number of fused-ring (bicyclic) bond motifs is 1. The van der Waals surface area contributed by atoms with Crippen LogP contribution in [0, 0.1) is 0 Å². The van der Waals surface area contributed by atoms with Crippen LogP contribution in [0.25, 0.3) is 11.0 Å². The molecule has 1 aromatic heterocycles. The lowest BCUT2D eigenvalue weighted by atomic mass is 10.0. The van der Waals surface area contributed by atoms with E-state index in [-0.39, 0.29) is 5.69 Å². The van der Waals surface area contributed by atoms with Gasteiger partial charge >= 0.3 is 5.69 Å². The van der Waals surface area contributed by atoms with E-state index in [0.29, 0.717) is 5.56 Å². The van der Waals surface area contributed by atoms with Crippen LogP contribution in [0.5, 0.6) is 0 Å². The fraction of sp³-hybridized carbons (Fsp3) is 0.462. The van der Waals surface area contributed by atoms with Crippen LogP contribution in [-0.2, 0) is 23.9 Å². The molecule has 2 aromatic rings. The second-order valence-electron chi connectivity index (χ2n) is 5.21. The zero-order chi connectivity index (χ0) is 15.2. The van der Waals surface area contributed by atoms with Crippen LogP contribution in [-0.4, -0.2) is 29.1 Å². The van der Waals surface area contributed by atoms with Gasteiger partial charge in [0.15, 0.2) is 9.84 Å². The largest absolute Gasteiger partial charge is 0.328 e. The molecule has 6 nitrogen and oxygen atoms in total. The number of hydrogen-bond donors (Lipinski definition) is 1. The van der Waals surface area contributed by atoms with E-state index in [2.05, 4.69) is 0 Å². The van der Waals surface area contributed by atoms with Crippen molar-refractivity contribution < 1.29 is 8.42 Å². The maximum atomic E-state index is 11.9. The fourth-order valence-electron chi connectivity index (χ4n) is 2.27. The highest BCUT2D eigenvalue weighted by molar-refractivity contribution is 7.91. The SMILES string of the molecule is CC(C(N)c1ccc2c(c1)n(C)c(=O)n2C)S(C)(=O)=O. The van der Waals surface area contributed by atoms with Crippen molar-refractivity contribution in [1.82, 2.24) is 9.13 Å². The van der Waals surface area contributed by atoms with E-state index >= 15 is 0 Å².